The highest BCUT2D eigenvalue weighted by atomic mass is 32.2. The van der Waals surface area contributed by atoms with Crippen molar-refractivity contribution in [2.45, 2.75) is 31.8 Å². The summed E-state index contributed by atoms with van der Waals surface area (Å²) in [4.78, 5) is 27.5. The number of carbonyl (C=O) groups excluding carboxylic acids is 2. The van der Waals surface area contributed by atoms with Crippen LogP contribution in [-0.2, 0) is 21.2 Å². The summed E-state index contributed by atoms with van der Waals surface area (Å²) in [6, 6.07) is 6.97. The molecule has 0 N–H and O–H groups in total. The van der Waals surface area contributed by atoms with Crippen LogP contribution in [0.25, 0.3) is 0 Å². The monoisotopic (exact) mass is 350 g/mol. The number of amides is 2. The Bertz CT molecular complexity index is 742. The minimum atomic E-state index is -3.01. The molecule has 2 saturated heterocycles. The summed E-state index contributed by atoms with van der Waals surface area (Å²) in [7, 11) is -1.36. The van der Waals surface area contributed by atoms with Crippen molar-refractivity contribution < 1.29 is 18.0 Å². The van der Waals surface area contributed by atoms with E-state index in [2.05, 4.69) is 0 Å². The van der Waals surface area contributed by atoms with Gasteiger partial charge in [0.15, 0.2) is 9.84 Å². The van der Waals surface area contributed by atoms with Gasteiger partial charge in [-0.05, 0) is 30.5 Å². The molecule has 1 aromatic rings. The highest BCUT2D eigenvalue weighted by Crippen LogP contribution is 2.19. The van der Waals surface area contributed by atoms with Gasteiger partial charge in [0.25, 0.3) is 5.91 Å². The fourth-order valence-electron chi connectivity index (χ4n) is 3.29. The number of hydrogen-bond acceptors (Lipinski definition) is 4. The lowest BCUT2D eigenvalue weighted by Crippen LogP contribution is -2.37. The van der Waals surface area contributed by atoms with Gasteiger partial charge in [0, 0.05) is 38.2 Å². The van der Waals surface area contributed by atoms with Crippen LogP contribution in [0.3, 0.4) is 0 Å². The maximum absolute atomic E-state index is 12.5. The van der Waals surface area contributed by atoms with Gasteiger partial charge in [-0.15, -0.1) is 0 Å². The standard InChI is InChI=1S/C17H22N2O4S/c1-18(15-8-10-24(22,23)12-15)17(21)14-6-4-13(5-7-14)11-19-9-2-3-16(19)20/h4-7,15H,2-3,8-12H2,1H3. The number of nitrogens with zero attached hydrogens (tertiary/aromatic N) is 2. The van der Waals surface area contributed by atoms with E-state index in [1.165, 1.54) is 4.90 Å². The zero-order valence-corrected chi connectivity index (χ0v) is 14.6. The predicted molar refractivity (Wildman–Crippen MR) is 90.2 cm³/mol. The summed E-state index contributed by atoms with van der Waals surface area (Å²) in [5.41, 5.74) is 1.53. The third-order valence-corrected chi connectivity index (χ3v) is 6.57. The topological polar surface area (TPSA) is 74.8 Å². The molecule has 2 aliphatic heterocycles. The van der Waals surface area contributed by atoms with Crippen LogP contribution in [0.2, 0.25) is 0 Å². The van der Waals surface area contributed by atoms with E-state index in [1.54, 1.807) is 19.2 Å². The fourth-order valence-corrected chi connectivity index (χ4v) is 5.07. The molecule has 1 aromatic carbocycles. The lowest BCUT2D eigenvalue weighted by atomic mass is 10.1. The van der Waals surface area contributed by atoms with E-state index < -0.39 is 9.84 Å². The molecule has 2 aliphatic rings. The van der Waals surface area contributed by atoms with Crippen molar-refractivity contribution >= 4 is 21.7 Å². The van der Waals surface area contributed by atoms with Gasteiger partial charge in [0.2, 0.25) is 5.91 Å². The third-order valence-electron chi connectivity index (χ3n) is 4.82. The zero-order valence-electron chi connectivity index (χ0n) is 13.8. The quantitative estimate of drug-likeness (QED) is 0.814. The minimum absolute atomic E-state index is 0.0460. The molecular weight excluding hydrogens is 328 g/mol. The summed E-state index contributed by atoms with van der Waals surface area (Å²) < 4.78 is 23.1. The molecule has 2 heterocycles. The first-order chi connectivity index (χ1) is 11.4. The van der Waals surface area contributed by atoms with Crippen LogP contribution in [0, 0.1) is 0 Å². The molecule has 6 nitrogen and oxygen atoms in total. The maximum atomic E-state index is 12.5. The van der Waals surface area contributed by atoms with Crippen LogP contribution in [0.4, 0.5) is 0 Å². The fraction of sp³-hybridized carbons (Fsp3) is 0.529. The highest BCUT2D eigenvalue weighted by molar-refractivity contribution is 7.91. The second-order valence-corrected chi connectivity index (χ2v) is 8.82. The van der Waals surface area contributed by atoms with Crippen LogP contribution < -0.4 is 0 Å². The zero-order chi connectivity index (χ0) is 17.3. The summed E-state index contributed by atoms with van der Waals surface area (Å²) in [6.07, 6.45) is 2.02. The number of carbonyl (C=O) groups is 2. The number of likely N-dealkylation sites (tertiary alicyclic amines) is 1. The average molecular weight is 350 g/mol. The van der Waals surface area contributed by atoms with E-state index in [0.717, 1.165) is 18.5 Å². The lowest BCUT2D eigenvalue weighted by molar-refractivity contribution is -0.128. The Morgan fingerprint density at radius 1 is 1.29 bits per heavy atom. The summed E-state index contributed by atoms with van der Waals surface area (Å²) in [6.45, 7) is 1.36. The normalized spacial score (nSPS) is 22.8. The third kappa shape index (κ3) is 3.61. The molecule has 24 heavy (non-hydrogen) atoms. The molecule has 0 bridgehead atoms. The number of benzene rings is 1. The molecule has 1 atom stereocenters. The predicted octanol–water partition coefficient (Wildman–Crippen LogP) is 1.07. The van der Waals surface area contributed by atoms with Gasteiger partial charge < -0.3 is 9.80 Å². The van der Waals surface area contributed by atoms with Crippen molar-refractivity contribution in [2.24, 2.45) is 0 Å². The Hall–Kier alpha value is -1.89. The van der Waals surface area contributed by atoms with E-state index in [-0.39, 0.29) is 29.4 Å². The summed E-state index contributed by atoms with van der Waals surface area (Å²) in [5, 5.41) is 0. The van der Waals surface area contributed by atoms with Gasteiger partial charge in [-0.1, -0.05) is 12.1 Å². The van der Waals surface area contributed by atoms with E-state index in [1.807, 2.05) is 17.0 Å². The molecule has 1 unspecified atom stereocenters. The second-order valence-electron chi connectivity index (χ2n) is 6.59. The molecule has 0 saturated carbocycles. The molecule has 2 amide bonds. The first-order valence-corrected chi connectivity index (χ1v) is 10.0. The van der Waals surface area contributed by atoms with E-state index in [9.17, 15) is 18.0 Å². The van der Waals surface area contributed by atoms with E-state index >= 15 is 0 Å². The van der Waals surface area contributed by atoms with Gasteiger partial charge in [-0.25, -0.2) is 8.42 Å². The van der Waals surface area contributed by atoms with Crippen molar-refractivity contribution in [3.63, 3.8) is 0 Å². The van der Waals surface area contributed by atoms with E-state index in [0.29, 0.717) is 24.9 Å². The minimum Gasteiger partial charge on any atom is -0.338 e. The average Bonchev–Trinajstić information content (AvgIpc) is 3.12. The second kappa shape index (κ2) is 6.55. The van der Waals surface area contributed by atoms with Crippen LogP contribution in [-0.4, -0.2) is 61.2 Å². The smallest absolute Gasteiger partial charge is 0.253 e. The Labute approximate surface area is 142 Å². The SMILES string of the molecule is CN(C(=O)c1ccc(CN2CCCC2=O)cc1)C1CCS(=O)(=O)C1. The molecule has 0 radical (unpaired) electrons. The van der Waals surface area contributed by atoms with Crippen molar-refractivity contribution in [2.75, 3.05) is 25.1 Å². The van der Waals surface area contributed by atoms with Crippen molar-refractivity contribution in [3.05, 3.63) is 35.4 Å². The Kier molecular flexibility index (Phi) is 4.62. The molecular formula is C17H22N2O4S. The molecule has 2 fully saturated rings. The number of sulfone groups is 1. The van der Waals surface area contributed by atoms with Crippen molar-refractivity contribution in [3.8, 4) is 0 Å². The first kappa shape index (κ1) is 17.0. The van der Waals surface area contributed by atoms with Gasteiger partial charge in [0.05, 0.1) is 11.5 Å². The highest BCUT2D eigenvalue weighted by Gasteiger charge is 2.33. The van der Waals surface area contributed by atoms with Crippen molar-refractivity contribution in [1.29, 1.82) is 0 Å². The van der Waals surface area contributed by atoms with Gasteiger partial charge in [-0.3, -0.25) is 9.59 Å². The maximum Gasteiger partial charge on any atom is 0.253 e. The number of hydrogen-bond donors (Lipinski definition) is 0. The summed E-state index contributed by atoms with van der Waals surface area (Å²) in [5.74, 6) is 0.209. The molecule has 3 rings (SSSR count). The Morgan fingerprint density at radius 2 is 2.00 bits per heavy atom. The van der Waals surface area contributed by atoms with Gasteiger partial charge in [0.1, 0.15) is 0 Å². The first-order valence-electron chi connectivity index (χ1n) is 8.20. The van der Waals surface area contributed by atoms with Crippen LogP contribution in [0.1, 0.15) is 35.2 Å². The lowest BCUT2D eigenvalue weighted by Gasteiger charge is -2.23. The Balaban J connectivity index is 1.64. The summed E-state index contributed by atoms with van der Waals surface area (Å²) >= 11 is 0. The number of rotatable bonds is 4. The molecule has 0 aliphatic carbocycles. The van der Waals surface area contributed by atoms with E-state index in [4.69, 9.17) is 0 Å². The molecule has 7 heteroatoms. The molecule has 130 valence electrons. The molecule has 0 spiro atoms. The largest absolute Gasteiger partial charge is 0.338 e. The van der Waals surface area contributed by atoms with Gasteiger partial charge >= 0.3 is 0 Å². The van der Waals surface area contributed by atoms with Crippen LogP contribution in [0.15, 0.2) is 24.3 Å². The van der Waals surface area contributed by atoms with Crippen molar-refractivity contribution in [1.82, 2.24) is 9.80 Å². The van der Waals surface area contributed by atoms with Crippen LogP contribution in [0.5, 0.6) is 0 Å². The van der Waals surface area contributed by atoms with Gasteiger partial charge in [-0.2, -0.15) is 0 Å². The van der Waals surface area contributed by atoms with Crippen LogP contribution >= 0.6 is 0 Å². The molecule has 0 aromatic heterocycles. The Morgan fingerprint density at radius 3 is 2.54 bits per heavy atom.